The Balaban J connectivity index is 4.39. The highest BCUT2D eigenvalue weighted by atomic mass is 16.3. The first-order valence-corrected chi connectivity index (χ1v) is 5.28. The molecule has 0 aliphatic rings. The molecule has 13 heavy (non-hydrogen) atoms. The Hall–Kier alpha value is -0.0400. The standard InChI is InChI=1S/C12H26O/c1-9(2)10(3)12(7,13)8-11(4,5)6/h9-10,13H,8H2,1-7H3. The summed E-state index contributed by atoms with van der Waals surface area (Å²) >= 11 is 0. The third kappa shape index (κ3) is 4.66. The van der Waals surface area contributed by atoms with E-state index in [1.165, 1.54) is 0 Å². The van der Waals surface area contributed by atoms with Gasteiger partial charge in [-0.15, -0.1) is 0 Å². The lowest BCUT2D eigenvalue weighted by molar-refractivity contribution is -0.0430. The molecule has 1 nitrogen and oxygen atoms in total. The first-order chi connectivity index (χ1) is 5.56. The van der Waals surface area contributed by atoms with Crippen molar-refractivity contribution in [3.63, 3.8) is 0 Å². The first kappa shape index (κ1) is 13.0. The molecule has 2 unspecified atom stereocenters. The number of hydrogen-bond acceptors (Lipinski definition) is 1. The van der Waals surface area contributed by atoms with Gasteiger partial charge in [-0.1, -0.05) is 41.5 Å². The molecule has 0 saturated carbocycles. The summed E-state index contributed by atoms with van der Waals surface area (Å²) < 4.78 is 0. The van der Waals surface area contributed by atoms with Crippen LogP contribution in [-0.4, -0.2) is 10.7 Å². The normalized spacial score (nSPS) is 20.1. The molecule has 0 radical (unpaired) electrons. The largest absolute Gasteiger partial charge is 0.390 e. The number of hydrogen-bond donors (Lipinski definition) is 1. The molecule has 0 aromatic carbocycles. The molecule has 1 heteroatoms. The second-order valence-electron chi connectivity index (χ2n) is 6.13. The number of rotatable bonds is 3. The molecule has 0 fully saturated rings. The van der Waals surface area contributed by atoms with Crippen LogP contribution in [0.25, 0.3) is 0 Å². The van der Waals surface area contributed by atoms with Crippen molar-refractivity contribution in [1.82, 2.24) is 0 Å². The van der Waals surface area contributed by atoms with Gasteiger partial charge >= 0.3 is 0 Å². The van der Waals surface area contributed by atoms with E-state index < -0.39 is 5.60 Å². The van der Waals surface area contributed by atoms with E-state index >= 15 is 0 Å². The Morgan fingerprint density at radius 3 is 1.62 bits per heavy atom. The highest BCUT2D eigenvalue weighted by Crippen LogP contribution is 2.35. The fourth-order valence-electron chi connectivity index (χ4n) is 1.95. The third-order valence-electron chi connectivity index (χ3n) is 2.87. The molecule has 0 aliphatic carbocycles. The Labute approximate surface area is 83.5 Å². The van der Waals surface area contributed by atoms with Gasteiger partial charge in [0.1, 0.15) is 0 Å². The summed E-state index contributed by atoms with van der Waals surface area (Å²) in [6, 6.07) is 0. The van der Waals surface area contributed by atoms with Crippen LogP contribution in [0.5, 0.6) is 0 Å². The predicted octanol–water partition coefficient (Wildman–Crippen LogP) is 3.47. The van der Waals surface area contributed by atoms with E-state index in [1.807, 2.05) is 6.92 Å². The molecule has 0 heterocycles. The van der Waals surface area contributed by atoms with E-state index in [0.29, 0.717) is 11.8 Å². The van der Waals surface area contributed by atoms with Gasteiger partial charge in [0, 0.05) is 0 Å². The minimum atomic E-state index is -0.535. The molecule has 0 aliphatic heterocycles. The summed E-state index contributed by atoms with van der Waals surface area (Å²) in [5, 5.41) is 10.3. The van der Waals surface area contributed by atoms with Crippen molar-refractivity contribution in [1.29, 1.82) is 0 Å². The van der Waals surface area contributed by atoms with Crippen molar-refractivity contribution in [3.05, 3.63) is 0 Å². The zero-order chi connectivity index (χ0) is 10.9. The molecule has 0 saturated heterocycles. The lowest BCUT2D eigenvalue weighted by Gasteiger charge is -2.38. The van der Waals surface area contributed by atoms with Gasteiger partial charge in [-0.05, 0) is 30.6 Å². The van der Waals surface area contributed by atoms with Gasteiger partial charge in [-0.3, -0.25) is 0 Å². The van der Waals surface area contributed by atoms with Crippen molar-refractivity contribution in [2.24, 2.45) is 17.3 Å². The van der Waals surface area contributed by atoms with Crippen molar-refractivity contribution in [2.45, 2.75) is 60.5 Å². The summed E-state index contributed by atoms with van der Waals surface area (Å²) in [7, 11) is 0. The molecule has 0 bridgehead atoms. The number of aliphatic hydroxyl groups is 1. The summed E-state index contributed by atoms with van der Waals surface area (Å²) in [4.78, 5) is 0. The lowest BCUT2D eigenvalue weighted by atomic mass is 9.73. The summed E-state index contributed by atoms with van der Waals surface area (Å²) in [6.07, 6.45) is 0.860. The van der Waals surface area contributed by atoms with E-state index in [1.54, 1.807) is 0 Å². The lowest BCUT2D eigenvalue weighted by Crippen LogP contribution is -2.39. The molecule has 0 spiro atoms. The van der Waals surface area contributed by atoms with Crippen LogP contribution in [0.3, 0.4) is 0 Å². The van der Waals surface area contributed by atoms with Crippen molar-refractivity contribution >= 4 is 0 Å². The van der Waals surface area contributed by atoms with Crippen LogP contribution in [0.2, 0.25) is 0 Å². The van der Waals surface area contributed by atoms with E-state index in [9.17, 15) is 5.11 Å². The molecule has 0 aromatic heterocycles. The Morgan fingerprint density at radius 1 is 1.00 bits per heavy atom. The van der Waals surface area contributed by atoms with Gasteiger partial charge in [0.25, 0.3) is 0 Å². The van der Waals surface area contributed by atoms with Crippen LogP contribution in [0.4, 0.5) is 0 Å². The van der Waals surface area contributed by atoms with Gasteiger partial charge in [0.05, 0.1) is 5.60 Å². The minimum absolute atomic E-state index is 0.201. The SMILES string of the molecule is CC(C)C(C)C(C)(O)CC(C)(C)C. The highest BCUT2D eigenvalue weighted by molar-refractivity contribution is 4.85. The second kappa shape index (κ2) is 4.00. The van der Waals surface area contributed by atoms with E-state index in [0.717, 1.165) is 6.42 Å². The van der Waals surface area contributed by atoms with E-state index in [-0.39, 0.29) is 5.41 Å². The maximum absolute atomic E-state index is 10.3. The molecular formula is C12H26O. The topological polar surface area (TPSA) is 20.2 Å². The molecule has 80 valence electrons. The van der Waals surface area contributed by atoms with Crippen molar-refractivity contribution in [2.75, 3.05) is 0 Å². The van der Waals surface area contributed by atoms with Gasteiger partial charge in [0.2, 0.25) is 0 Å². The van der Waals surface area contributed by atoms with Crippen LogP contribution >= 0.6 is 0 Å². The molecular weight excluding hydrogens is 160 g/mol. The molecule has 0 aromatic rings. The molecule has 0 rings (SSSR count). The summed E-state index contributed by atoms with van der Waals surface area (Å²) in [5.41, 5.74) is -0.334. The van der Waals surface area contributed by atoms with Crippen LogP contribution in [0.1, 0.15) is 54.9 Å². The maximum Gasteiger partial charge on any atom is 0.0652 e. The van der Waals surface area contributed by atoms with Crippen LogP contribution < -0.4 is 0 Å². The molecule has 0 amide bonds. The average Bonchev–Trinajstić information content (AvgIpc) is 1.80. The average molecular weight is 186 g/mol. The smallest absolute Gasteiger partial charge is 0.0652 e. The first-order valence-electron chi connectivity index (χ1n) is 5.28. The van der Waals surface area contributed by atoms with E-state index in [4.69, 9.17) is 0 Å². The quantitative estimate of drug-likeness (QED) is 0.715. The van der Waals surface area contributed by atoms with Crippen molar-refractivity contribution < 1.29 is 5.11 Å². The minimum Gasteiger partial charge on any atom is -0.390 e. The van der Waals surface area contributed by atoms with Crippen molar-refractivity contribution in [3.8, 4) is 0 Å². The van der Waals surface area contributed by atoms with E-state index in [2.05, 4.69) is 41.5 Å². The highest BCUT2D eigenvalue weighted by Gasteiger charge is 2.34. The van der Waals surface area contributed by atoms with Gasteiger partial charge < -0.3 is 5.11 Å². The fourth-order valence-corrected chi connectivity index (χ4v) is 1.95. The van der Waals surface area contributed by atoms with Crippen LogP contribution in [0.15, 0.2) is 0 Å². The monoisotopic (exact) mass is 186 g/mol. The maximum atomic E-state index is 10.3. The fraction of sp³-hybridized carbons (Fsp3) is 1.00. The Bertz CT molecular complexity index is 151. The van der Waals surface area contributed by atoms with Gasteiger partial charge in [-0.2, -0.15) is 0 Å². The predicted molar refractivity (Wildman–Crippen MR) is 58.7 cm³/mol. The summed E-state index contributed by atoms with van der Waals surface area (Å²) in [5.74, 6) is 0.893. The Kier molecular flexibility index (Phi) is 3.98. The zero-order valence-electron chi connectivity index (χ0n) is 10.3. The van der Waals surface area contributed by atoms with Gasteiger partial charge in [-0.25, -0.2) is 0 Å². The Morgan fingerprint density at radius 2 is 1.38 bits per heavy atom. The molecule has 2 atom stereocenters. The van der Waals surface area contributed by atoms with Crippen LogP contribution in [0, 0.1) is 17.3 Å². The zero-order valence-corrected chi connectivity index (χ0v) is 10.3. The molecule has 1 N–H and O–H groups in total. The summed E-state index contributed by atoms with van der Waals surface area (Å²) in [6.45, 7) is 15.0. The second-order valence-corrected chi connectivity index (χ2v) is 6.13. The third-order valence-corrected chi connectivity index (χ3v) is 2.87. The van der Waals surface area contributed by atoms with Crippen LogP contribution in [-0.2, 0) is 0 Å². The van der Waals surface area contributed by atoms with Gasteiger partial charge in [0.15, 0.2) is 0 Å².